The summed E-state index contributed by atoms with van der Waals surface area (Å²) in [6.07, 6.45) is -0.533. The summed E-state index contributed by atoms with van der Waals surface area (Å²) in [5, 5.41) is 2.85. The van der Waals surface area contributed by atoms with E-state index in [2.05, 4.69) is 5.32 Å². The number of hydrogen-bond acceptors (Lipinski definition) is 5. The fraction of sp³-hybridized carbons (Fsp3) is 0.556. The number of benzene rings is 1. The largest absolute Gasteiger partial charge is 0.514 e. The van der Waals surface area contributed by atoms with Gasteiger partial charge in [0.15, 0.2) is 0 Å². The minimum Gasteiger partial charge on any atom is -0.444 e. The van der Waals surface area contributed by atoms with Gasteiger partial charge < -0.3 is 19.5 Å². The second-order valence-corrected chi connectivity index (χ2v) is 7.19. The molecule has 0 heterocycles. The second-order valence-electron chi connectivity index (χ2n) is 7.19. The van der Waals surface area contributed by atoms with Gasteiger partial charge in [-0.25, -0.2) is 9.59 Å². The highest BCUT2D eigenvalue weighted by Gasteiger charge is 2.40. The van der Waals surface area contributed by atoms with Crippen molar-refractivity contribution in [3.05, 3.63) is 29.8 Å². The topological polar surface area (TPSA) is 73.9 Å². The van der Waals surface area contributed by atoms with Crippen molar-refractivity contribution in [3.63, 3.8) is 0 Å². The number of nitrogens with one attached hydrogen (secondary N) is 1. The first kappa shape index (κ1) is 18.1. The molecule has 1 fully saturated rings. The third-order valence-electron chi connectivity index (χ3n) is 3.31. The number of ether oxygens (including phenoxy) is 3. The molecule has 0 unspecified atom stereocenters. The molecule has 0 aliphatic heterocycles. The molecule has 6 heteroatoms. The van der Waals surface area contributed by atoms with Crippen molar-refractivity contribution in [2.24, 2.45) is 0 Å². The van der Waals surface area contributed by atoms with E-state index in [0.717, 1.165) is 12.0 Å². The van der Waals surface area contributed by atoms with Crippen LogP contribution in [-0.4, -0.2) is 30.0 Å². The fourth-order valence-corrected chi connectivity index (χ4v) is 2.30. The summed E-state index contributed by atoms with van der Waals surface area (Å²) in [6.45, 7) is 9.00. The van der Waals surface area contributed by atoms with Crippen LogP contribution in [0.15, 0.2) is 24.3 Å². The van der Waals surface area contributed by atoms with Crippen LogP contribution in [-0.2, 0) is 9.47 Å². The van der Waals surface area contributed by atoms with Crippen LogP contribution in [0.25, 0.3) is 0 Å². The fourth-order valence-electron chi connectivity index (χ4n) is 2.30. The quantitative estimate of drug-likeness (QED) is 0.665. The Morgan fingerprint density at radius 2 is 1.96 bits per heavy atom. The first-order valence-corrected chi connectivity index (χ1v) is 8.12. The van der Waals surface area contributed by atoms with Crippen molar-refractivity contribution in [1.29, 1.82) is 0 Å². The molecule has 24 heavy (non-hydrogen) atoms. The first-order chi connectivity index (χ1) is 11.1. The van der Waals surface area contributed by atoms with Gasteiger partial charge in [-0.3, -0.25) is 0 Å². The van der Waals surface area contributed by atoms with E-state index in [1.807, 2.05) is 32.9 Å². The Morgan fingerprint density at radius 1 is 1.25 bits per heavy atom. The van der Waals surface area contributed by atoms with Crippen molar-refractivity contribution < 1.29 is 23.8 Å². The van der Waals surface area contributed by atoms with Gasteiger partial charge in [0.1, 0.15) is 11.4 Å². The summed E-state index contributed by atoms with van der Waals surface area (Å²) >= 11 is 0. The van der Waals surface area contributed by atoms with Crippen LogP contribution in [0.2, 0.25) is 0 Å². The van der Waals surface area contributed by atoms with Gasteiger partial charge in [-0.1, -0.05) is 12.1 Å². The Balaban J connectivity index is 1.89. The van der Waals surface area contributed by atoms with Crippen molar-refractivity contribution in [2.45, 2.75) is 64.7 Å². The normalized spacial score (nSPS) is 19.6. The maximum atomic E-state index is 11.8. The summed E-state index contributed by atoms with van der Waals surface area (Å²) in [7, 11) is 0. The number of carbonyl (C=O) groups excluding carboxylic acids is 2. The maximum Gasteiger partial charge on any atom is 0.514 e. The molecule has 2 atom stereocenters. The molecule has 6 nitrogen and oxygen atoms in total. The van der Waals surface area contributed by atoms with Gasteiger partial charge in [0, 0.05) is 12.0 Å². The van der Waals surface area contributed by atoms with Crippen LogP contribution in [0.1, 0.15) is 52.5 Å². The van der Waals surface area contributed by atoms with Gasteiger partial charge in [0.05, 0.1) is 6.10 Å². The zero-order valence-corrected chi connectivity index (χ0v) is 14.8. The average molecular weight is 335 g/mol. The molecular weight excluding hydrogens is 310 g/mol. The molecule has 1 aromatic rings. The van der Waals surface area contributed by atoms with E-state index in [4.69, 9.17) is 14.2 Å². The van der Waals surface area contributed by atoms with E-state index in [0.29, 0.717) is 5.75 Å². The highest BCUT2D eigenvalue weighted by molar-refractivity contribution is 5.69. The Hall–Kier alpha value is -2.24. The molecule has 132 valence electrons. The summed E-state index contributed by atoms with van der Waals surface area (Å²) in [4.78, 5) is 23.3. The number of carbonyl (C=O) groups is 2. The van der Waals surface area contributed by atoms with Gasteiger partial charge >= 0.3 is 12.2 Å². The van der Waals surface area contributed by atoms with Gasteiger partial charge in [-0.2, -0.15) is 0 Å². The molecular formula is C18H25NO5. The molecule has 1 aliphatic carbocycles. The van der Waals surface area contributed by atoms with E-state index in [1.165, 1.54) is 0 Å². The predicted molar refractivity (Wildman–Crippen MR) is 89.2 cm³/mol. The zero-order valence-electron chi connectivity index (χ0n) is 14.8. The molecule has 1 N–H and O–H groups in total. The first-order valence-electron chi connectivity index (χ1n) is 8.12. The lowest BCUT2D eigenvalue weighted by atomic mass is 10.1. The highest BCUT2D eigenvalue weighted by Crippen LogP contribution is 2.41. The van der Waals surface area contributed by atoms with Crippen molar-refractivity contribution in [1.82, 2.24) is 5.32 Å². The summed E-state index contributed by atoms with van der Waals surface area (Å²) in [5.74, 6) is 0.628. The number of hydrogen-bond donors (Lipinski definition) is 1. The predicted octanol–water partition coefficient (Wildman–Crippen LogP) is 3.99. The monoisotopic (exact) mass is 335 g/mol. The molecule has 1 saturated carbocycles. The zero-order chi connectivity index (χ0) is 17.9. The second kappa shape index (κ2) is 7.11. The lowest BCUT2D eigenvalue weighted by Crippen LogP contribution is -2.34. The van der Waals surface area contributed by atoms with E-state index in [9.17, 15) is 9.59 Å². The van der Waals surface area contributed by atoms with Gasteiger partial charge in [-0.05, 0) is 58.7 Å². The lowest BCUT2D eigenvalue weighted by molar-refractivity contribution is 0.0522. The molecule has 1 aromatic carbocycles. The van der Waals surface area contributed by atoms with Crippen LogP contribution in [0.3, 0.4) is 0 Å². The summed E-state index contributed by atoms with van der Waals surface area (Å²) in [6, 6.07) is 7.29. The third-order valence-corrected chi connectivity index (χ3v) is 3.31. The summed E-state index contributed by atoms with van der Waals surface area (Å²) < 4.78 is 15.4. The van der Waals surface area contributed by atoms with E-state index in [1.54, 1.807) is 26.0 Å². The van der Waals surface area contributed by atoms with E-state index >= 15 is 0 Å². The molecule has 0 saturated heterocycles. The van der Waals surface area contributed by atoms with Gasteiger partial charge in [-0.15, -0.1) is 0 Å². The van der Waals surface area contributed by atoms with Gasteiger partial charge in [0.2, 0.25) is 0 Å². The van der Waals surface area contributed by atoms with E-state index < -0.39 is 17.8 Å². The van der Waals surface area contributed by atoms with E-state index in [-0.39, 0.29) is 18.1 Å². The maximum absolute atomic E-state index is 11.8. The smallest absolute Gasteiger partial charge is 0.444 e. The molecule has 0 aromatic heterocycles. The standard InChI is InChI=1S/C18H25NO5/c1-11(2)22-17(21)23-13-8-6-7-12(9-13)14-10-15(14)19-16(20)24-18(3,4)5/h6-9,11,14-15H,10H2,1-5H3,(H,19,20)/t14-,15+/m0/s1. The third kappa shape index (κ3) is 5.76. The minimum absolute atomic E-state index is 0.0396. The molecule has 0 bridgehead atoms. The Bertz CT molecular complexity index is 606. The van der Waals surface area contributed by atoms with Gasteiger partial charge in [0.25, 0.3) is 0 Å². The Morgan fingerprint density at radius 3 is 2.58 bits per heavy atom. The molecule has 0 radical (unpaired) electrons. The number of rotatable bonds is 4. The lowest BCUT2D eigenvalue weighted by Gasteiger charge is -2.19. The van der Waals surface area contributed by atoms with Crippen molar-refractivity contribution in [3.8, 4) is 5.75 Å². The molecule has 2 rings (SSSR count). The molecule has 0 spiro atoms. The molecule has 1 amide bonds. The number of amides is 1. The average Bonchev–Trinajstić information content (AvgIpc) is 3.14. The van der Waals surface area contributed by atoms with Crippen molar-refractivity contribution in [2.75, 3.05) is 0 Å². The van der Waals surface area contributed by atoms with Crippen LogP contribution >= 0.6 is 0 Å². The summed E-state index contributed by atoms with van der Waals surface area (Å²) in [5.41, 5.74) is 0.491. The highest BCUT2D eigenvalue weighted by atomic mass is 16.7. The van der Waals surface area contributed by atoms with Crippen LogP contribution < -0.4 is 10.1 Å². The minimum atomic E-state index is -0.721. The SMILES string of the molecule is CC(C)OC(=O)Oc1cccc([C@@H]2C[C@H]2NC(=O)OC(C)(C)C)c1. The Labute approximate surface area is 142 Å². The molecule has 1 aliphatic rings. The van der Waals surface area contributed by atoms with Crippen LogP contribution in [0.4, 0.5) is 9.59 Å². The van der Waals surface area contributed by atoms with Crippen LogP contribution in [0.5, 0.6) is 5.75 Å². The van der Waals surface area contributed by atoms with Crippen LogP contribution in [0, 0.1) is 0 Å². The van der Waals surface area contributed by atoms with Crippen molar-refractivity contribution >= 4 is 12.2 Å². The number of alkyl carbamates (subject to hydrolysis) is 1. The Kier molecular flexibility index (Phi) is 5.36.